The van der Waals surface area contributed by atoms with Gasteiger partial charge in [-0.15, -0.1) is 0 Å². The molecule has 1 aliphatic heterocycles. The molecule has 1 aromatic heterocycles. The molecule has 1 aliphatic carbocycles. The number of amides is 2. The molecule has 1 N–H and O–H groups in total. The smallest absolute Gasteiger partial charge is 0.253 e. The van der Waals surface area contributed by atoms with Crippen molar-refractivity contribution in [3.63, 3.8) is 0 Å². The number of pyridine rings is 1. The van der Waals surface area contributed by atoms with Gasteiger partial charge in [0.2, 0.25) is 5.91 Å². The number of benzene rings is 1. The highest BCUT2D eigenvalue weighted by atomic mass is 35.5. The van der Waals surface area contributed by atoms with Crippen LogP contribution in [0.1, 0.15) is 28.8 Å². The van der Waals surface area contributed by atoms with Gasteiger partial charge in [-0.25, -0.2) is 0 Å². The van der Waals surface area contributed by atoms with Crippen molar-refractivity contribution >= 4 is 23.4 Å². The van der Waals surface area contributed by atoms with Crippen molar-refractivity contribution in [1.82, 2.24) is 15.2 Å². The molecule has 4 rings (SSSR count). The molecule has 134 valence electrons. The van der Waals surface area contributed by atoms with Gasteiger partial charge in [-0.3, -0.25) is 14.6 Å². The molecule has 2 fully saturated rings. The first-order valence-corrected chi connectivity index (χ1v) is 9.17. The number of rotatable bonds is 4. The predicted molar refractivity (Wildman–Crippen MR) is 98.6 cm³/mol. The molecule has 0 bridgehead atoms. The molecule has 6 heteroatoms. The second kappa shape index (κ2) is 6.72. The Morgan fingerprint density at radius 1 is 1.27 bits per heavy atom. The summed E-state index contributed by atoms with van der Waals surface area (Å²) in [6, 6.07) is 10.8. The van der Waals surface area contributed by atoms with E-state index in [0.29, 0.717) is 30.2 Å². The Hall–Kier alpha value is -2.40. The second-order valence-corrected chi connectivity index (χ2v) is 7.62. The number of hydrogen-bond acceptors (Lipinski definition) is 3. The molecule has 2 aliphatic rings. The molecule has 2 atom stereocenters. The molecular weight excluding hydrogens is 350 g/mol. The van der Waals surface area contributed by atoms with Crippen LogP contribution in [0.15, 0.2) is 48.8 Å². The first-order valence-electron chi connectivity index (χ1n) is 8.79. The van der Waals surface area contributed by atoms with E-state index in [1.165, 1.54) is 0 Å². The predicted octanol–water partition coefficient (Wildman–Crippen LogP) is 2.90. The van der Waals surface area contributed by atoms with Gasteiger partial charge in [0.25, 0.3) is 5.91 Å². The van der Waals surface area contributed by atoms with Gasteiger partial charge in [0, 0.05) is 53.9 Å². The van der Waals surface area contributed by atoms with Crippen molar-refractivity contribution in [2.24, 2.45) is 11.3 Å². The van der Waals surface area contributed by atoms with Gasteiger partial charge in [-0.1, -0.05) is 17.7 Å². The molecule has 5 nitrogen and oxygen atoms in total. The third kappa shape index (κ3) is 3.31. The third-order valence-electron chi connectivity index (χ3n) is 5.47. The number of nitrogens with one attached hydrogen (secondary N) is 1. The summed E-state index contributed by atoms with van der Waals surface area (Å²) in [5.74, 6) is 0.0765. The topological polar surface area (TPSA) is 62.3 Å². The van der Waals surface area contributed by atoms with Gasteiger partial charge >= 0.3 is 0 Å². The van der Waals surface area contributed by atoms with Crippen molar-refractivity contribution < 1.29 is 9.59 Å². The summed E-state index contributed by atoms with van der Waals surface area (Å²) in [7, 11) is 0. The number of nitrogens with zero attached hydrogens (tertiary/aromatic N) is 2. The van der Waals surface area contributed by atoms with Gasteiger partial charge in [0.05, 0.1) is 0 Å². The number of aromatic nitrogens is 1. The highest BCUT2D eigenvalue weighted by Gasteiger charge is 2.61. The minimum absolute atomic E-state index is 0.00139. The summed E-state index contributed by atoms with van der Waals surface area (Å²) in [5, 5.41) is 3.57. The van der Waals surface area contributed by atoms with Gasteiger partial charge in [-0.05, 0) is 48.7 Å². The minimum atomic E-state index is -0.0451. The summed E-state index contributed by atoms with van der Waals surface area (Å²) >= 11 is 5.99. The minimum Gasteiger partial charge on any atom is -0.352 e. The van der Waals surface area contributed by atoms with Crippen LogP contribution in [0.4, 0.5) is 0 Å². The van der Waals surface area contributed by atoms with Gasteiger partial charge in [0.15, 0.2) is 0 Å². The maximum absolute atomic E-state index is 12.7. The molecule has 0 radical (unpaired) electrons. The molecule has 2 amide bonds. The lowest BCUT2D eigenvalue weighted by Crippen LogP contribution is -2.31. The first-order chi connectivity index (χ1) is 12.6. The van der Waals surface area contributed by atoms with Crippen molar-refractivity contribution in [3.05, 3.63) is 64.9 Å². The van der Waals surface area contributed by atoms with Crippen LogP contribution < -0.4 is 5.32 Å². The lowest BCUT2D eigenvalue weighted by atomic mass is 10.0. The van der Waals surface area contributed by atoms with E-state index in [0.717, 1.165) is 18.4 Å². The van der Waals surface area contributed by atoms with E-state index in [-0.39, 0.29) is 23.1 Å². The van der Waals surface area contributed by atoms with Crippen LogP contribution in [-0.4, -0.2) is 34.8 Å². The zero-order chi connectivity index (χ0) is 18.1. The van der Waals surface area contributed by atoms with Crippen LogP contribution in [0.25, 0.3) is 0 Å². The van der Waals surface area contributed by atoms with Crippen molar-refractivity contribution in [1.29, 1.82) is 0 Å². The summed E-state index contributed by atoms with van der Waals surface area (Å²) < 4.78 is 0. The Bertz CT molecular complexity index is 842. The van der Waals surface area contributed by atoms with Crippen molar-refractivity contribution in [2.45, 2.75) is 19.4 Å². The van der Waals surface area contributed by atoms with E-state index in [4.69, 9.17) is 11.6 Å². The Morgan fingerprint density at radius 3 is 2.85 bits per heavy atom. The van der Waals surface area contributed by atoms with E-state index in [9.17, 15) is 9.59 Å². The van der Waals surface area contributed by atoms with Gasteiger partial charge < -0.3 is 10.2 Å². The number of halogens is 1. The largest absolute Gasteiger partial charge is 0.352 e. The van der Waals surface area contributed by atoms with Crippen molar-refractivity contribution in [3.8, 4) is 0 Å². The fourth-order valence-corrected chi connectivity index (χ4v) is 4.05. The maximum Gasteiger partial charge on any atom is 0.253 e. The average molecular weight is 370 g/mol. The van der Waals surface area contributed by atoms with E-state index < -0.39 is 0 Å². The fraction of sp³-hybridized carbons (Fsp3) is 0.350. The summed E-state index contributed by atoms with van der Waals surface area (Å²) in [6.07, 6.45) is 5.17. The quantitative estimate of drug-likeness (QED) is 0.901. The summed E-state index contributed by atoms with van der Waals surface area (Å²) in [4.78, 5) is 31.0. The summed E-state index contributed by atoms with van der Waals surface area (Å²) in [5.41, 5.74) is 1.59. The molecule has 2 aromatic rings. The number of carbonyl (C=O) groups is 2. The molecule has 26 heavy (non-hydrogen) atoms. The molecule has 1 aromatic carbocycles. The Balaban J connectivity index is 1.34. The first kappa shape index (κ1) is 17.0. The zero-order valence-electron chi connectivity index (χ0n) is 14.3. The van der Waals surface area contributed by atoms with Gasteiger partial charge in [-0.2, -0.15) is 0 Å². The Morgan fingerprint density at radius 2 is 2.08 bits per heavy atom. The molecule has 0 unspecified atom stereocenters. The van der Waals surface area contributed by atoms with Crippen LogP contribution in [0.3, 0.4) is 0 Å². The highest BCUT2D eigenvalue weighted by Crippen LogP contribution is 2.58. The van der Waals surface area contributed by atoms with Crippen LogP contribution in [0, 0.1) is 11.3 Å². The molecule has 1 saturated carbocycles. The maximum atomic E-state index is 12.7. The van der Waals surface area contributed by atoms with Gasteiger partial charge in [0.1, 0.15) is 0 Å². The number of carbonyl (C=O) groups excluding carboxylic acids is 2. The Kier molecular flexibility index (Phi) is 4.41. The molecular formula is C20H20ClN3O2. The normalized spacial score (nSPS) is 23.9. The van der Waals surface area contributed by atoms with Crippen LogP contribution in [-0.2, 0) is 11.3 Å². The molecule has 1 spiro atoms. The van der Waals surface area contributed by atoms with E-state index in [1.807, 2.05) is 17.0 Å². The number of hydrogen-bond donors (Lipinski definition) is 1. The third-order valence-corrected chi connectivity index (χ3v) is 5.70. The highest BCUT2D eigenvalue weighted by molar-refractivity contribution is 6.30. The van der Waals surface area contributed by atoms with E-state index >= 15 is 0 Å². The SMILES string of the molecule is O=C(NCc1ccncc1)[C@H]1C[C@@]12CCN(C(=O)c1cccc(Cl)c1)C2. The molecule has 1 saturated heterocycles. The van der Waals surface area contributed by atoms with E-state index in [2.05, 4.69) is 10.3 Å². The van der Waals surface area contributed by atoms with E-state index in [1.54, 1.807) is 36.7 Å². The monoisotopic (exact) mass is 369 g/mol. The second-order valence-electron chi connectivity index (χ2n) is 7.18. The Labute approximate surface area is 157 Å². The van der Waals surface area contributed by atoms with Crippen LogP contribution >= 0.6 is 11.6 Å². The van der Waals surface area contributed by atoms with Crippen LogP contribution in [0.2, 0.25) is 5.02 Å². The van der Waals surface area contributed by atoms with Crippen molar-refractivity contribution in [2.75, 3.05) is 13.1 Å². The van der Waals surface area contributed by atoms with Crippen LogP contribution in [0.5, 0.6) is 0 Å². The zero-order valence-corrected chi connectivity index (χ0v) is 15.1. The fourth-order valence-electron chi connectivity index (χ4n) is 3.86. The lowest BCUT2D eigenvalue weighted by Gasteiger charge is -2.17. The lowest BCUT2D eigenvalue weighted by molar-refractivity contribution is -0.123. The number of likely N-dealkylation sites (tertiary alicyclic amines) is 1. The standard InChI is InChI=1S/C20H20ClN3O2/c21-16-3-1-2-15(10-16)19(26)24-9-6-20(13-24)11-17(20)18(25)23-12-14-4-7-22-8-5-14/h1-5,7-8,10,17H,6,9,11-13H2,(H,23,25)/t17-,20-/m1/s1. The summed E-state index contributed by atoms with van der Waals surface area (Å²) in [6.45, 7) is 1.85. The average Bonchev–Trinajstić information content (AvgIpc) is 3.20. The molecule has 2 heterocycles.